The van der Waals surface area contributed by atoms with E-state index >= 15 is 0 Å². The van der Waals surface area contributed by atoms with Crippen molar-refractivity contribution in [3.05, 3.63) is 53.3 Å². The fraction of sp³-hybridized carbons (Fsp3) is 0.500. The molecule has 2 heterocycles. The Kier molecular flexibility index (Phi) is 6.14. The first-order valence-electron chi connectivity index (χ1n) is 11.0. The minimum Gasteiger partial charge on any atom is -0.355 e. The lowest BCUT2D eigenvalue weighted by Crippen LogP contribution is -2.43. The van der Waals surface area contributed by atoms with E-state index in [4.69, 9.17) is 0 Å². The minimum absolute atomic E-state index is 0.0933. The third kappa shape index (κ3) is 4.96. The van der Waals surface area contributed by atoms with Crippen LogP contribution in [0.2, 0.25) is 0 Å². The van der Waals surface area contributed by atoms with Crippen molar-refractivity contribution >= 4 is 17.3 Å². The third-order valence-electron chi connectivity index (χ3n) is 6.21. The van der Waals surface area contributed by atoms with Gasteiger partial charge in [-0.1, -0.05) is 6.07 Å². The van der Waals surface area contributed by atoms with Crippen molar-refractivity contribution in [3.8, 4) is 0 Å². The van der Waals surface area contributed by atoms with E-state index in [2.05, 4.69) is 52.6 Å². The monoisotopic (exact) mass is 392 g/mol. The number of anilines is 2. The van der Waals surface area contributed by atoms with Crippen molar-refractivity contribution in [1.82, 2.24) is 15.2 Å². The van der Waals surface area contributed by atoms with E-state index in [-0.39, 0.29) is 5.91 Å². The van der Waals surface area contributed by atoms with Gasteiger partial charge in [0.15, 0.2) is 0 Å². The molecule has 0 bridgehead atoms. The van der Waals surface area contributed by atoms with E-state index in [1.807, 2.05) is 12.1 Å². The summed E-state index contributed by atoms with van der Waals surface area (Å²) >= 11 is 0. The first-order chi connectivity index (χ1) is 14.1. The molecule has 1 saturated heterocycles. The number of nitrogens with one attached hydrogen (secondary N) is 2. The van der Waals surface area contributed by atoms with Gasteiger partial charge in [-0.15, -0.1) is 0 Å². The maximum atomic E-state index is 12.6. The number of aromatic nitrogens is 1. The molecule has 154 valence electrons. The topological polar surface area (TPSA) is 57.3 Å². The van der Waals surface area contributed by atoms with Gasteiger partial charge in [-0.2, -0.15) is 0 Å². The number of carbonyl (C=O) groups is 1. The molecule has 4 rings (SSSR count). The van der Waals surface area contributed by atoms with Gasteiger partial charge in [0.25, 0.3) is 5.91 Å². The van der Waals surface area contributed by atoms with Gasteiger partial charge in [-0.3, -0.25) is 9.78 Å². The summed E-state index contributed by atoms with van der Waals surface area (Å²) in [5, 5.41) is 6.52. The van der Waals surface area contributed by atoms with Crippen LogP contribution in [0.3, 0.4) is 0 Å². The highest BCUT2D eigenvalue weighted by atomic mass is 16.1. The summed E-state index contributed by atoms with van der Waals surface area (Å²) in [6, 6.07) is 10.9. The smallest absolute Gasteiger partial charge is 0.269 e. The van der Waals surface area contributed by atoms with Gasteiger partial charge in [-0.25, -0.2) is 0 Å². The first kappa shape index (κ1) is 19.9. The van der Waals surface area contributed by atoms with Gasteiger partial charge >= 0.3 is 0 Å². The normalized spacial score (nSPS) is 19.2. The summed E-state index contributed by atoms with van der Waals surface area (Å²) in [5.74, 6) is 0.423. The molecular formula is C24H32N4O. The van der Waals surface area contributed by atoms with Crippen LogP contribution in [0, 0.1) is 5.92 Å². The first-order valence-corrected chi connectivity index (χ1v) is 11.0. The van der Waals surface area contributed by atoms with Gasteiger partial charge in [0.1, 0.15) is 5.69 Å². The number of hydrogen-bond acceptors (Lipinski definition) is 4. The molecular weight excluding hydrogens is 360 g/mol. The maximum Gasteiger partial charge on any atom is 0.269 e. The number of pyridine rings is 1. The van der Waals surface area contributed by atoms with Crippen LogP contribution in [0.5, 0.6) is 0 Å². The number of likely N-dealkylation sites (tertiary alicyclic amines) is 1. The molecule has 0 saturated carbocycles. The number of nitrogens with zero attached hydrogens (tertiary/aromatic N) is 2. The standard InChI is InChI=1S/C24H32N4O/c1-17(2)28-12-4-5-18(16-28)15-26-24(29)23-14-22(10-11-25-23)27-21-9-8-19-6-3-7-20(19)13-21/h8-11,13-14,17-18H,3-7,12,15-16H2,1-2H3,(H,25,27)(H,26,29)/t18-/m1/s1. The molecule has 5 nitrogen and oxygen atoms in total. The van der Waals surface area contributed by atoms with Crippen molar-refractivity contribution < 1.29 is 4.79 Å². The summed E-state index contributed by atoms with van der Waals surface area (Å²) in [6.45, 7) is 7.42. The second-order valence-electron chi connectivity index (χ2n) is 8.70. The number of hydrogen-bond donors (Lipinski definition) is 2. The van der Waals surface area contributed by atoms with Crippen LogP contribution in [-0.4, -0.2) is 41.5 Å². The average molecular weight is 393 g/mol. The lowest BCUT2D eigenvalue weighted by molar-refractivity contribution is 0.0918. The second kappa shape index (κ2) is 8.95. The lowest BCUT2D eigenvalue weighted by Gasteiger charge is -2.35. The molecule has 1 aliphatic carbocycles. The Labute approximate surface area is 173 Å². The predicted octanol–water partition coefficient (Wildman–Crippen LogP) is 4.16. The Bertz CT molecular complexity index is 864. The quantitative estimate of drug-likeness (QED) is 0.775. The van der Waals surface area contributed by atoms with E-state index in [1.165, 1.54) is 43.4 Å². The zero-order valence-corrected chi connectivity index (χ0v) is 17.6. The molecule has 0 unspecified atom stereocenters. The van der Waals surface area contributed by atoms with Crippen LogP contribution in [0.15, 0.2) is 36.5 Å². The van der Waals surface area contributed by atoms with Gasteiger partial charge in [-0.05, 0) is 93.8 Å². The average Bonchev–Trinajstić information content (AvgIpc) is 3.20. The molecule has 0 radical (unpaired) electrons. The highest BCUT2D eigenvalue weighted by Crippen LogP contribution is 2.26. The van der Waals surface area contributed by atoms with Crippen molar-refractivity contribution in [2.45, 2.75) is 52.0 Å². The largest absolute Gasteiger partial charge is 0.355 e. The number of fused-ring (bicyclic) bond motifs is 1. The molecule has 1 amide bonds. The van der Waals surface area contributed by atoms with E-state index in [0.717, 1.165) is 24.3 Å². The van der Waals surface area contributed by atoms with Crippen LogP contribution in [0.1, 0.15) is 54.7 Å². The molecule has 2 N–H and O–H groups in total. The van der Waals surface area contributed by atoms with Gasteiger partial charge in [0, 0.05) is 36.7 Å². The highest BCUT2D eigenvalue weighted by Gasteiger charge is 2.22. The van der Waals surface area contributed by atoms with Crippen molar-refractivity contribution in [2.24, 2.45) is 5.92 Å². The molecule has 1 atom stereocenters. The molecule has 1 aromatic carbocycles. The van der Waals surface area contributed by atoms with Crippen LogP contribution < -0.4 is 10.6 Å². The molecule has 2 aliphatic rings. The second-order valence-corrected chi connectivity index (χ2v) is 8.70. The third-order valence-corrected chi connectivity index (χ3v) is 6.21. The number of benzene rings is 1. The maximum absolute atomic E-state index is 12.6. The van der Waals surface area contributed by atoms with Crippen LogP contribution in [0.4, 0.5) is 11.4 Å². The van der Waals surface area contributed by atoms with Crippen LogP contribution >= 0.6 is 0 Å². The number of piperidine rings is 1. The summed E-state index contributed by atoms with van der Waals surface area (Å²) in [7, 11) is 0. The van der Waals surface area contributed by atoms with E-state index in [1.54, 1.807) is 6.20 Å². The fourth-order valence-corrected chi connectivity index (χ4v) is 4.51. The van der Waals surface area contributed by atoms with Gasteiger partial charge in [0.05, 0.1) is 0 Å². The van der Waals surface area contributed by atoms with Gasteiger partial charge < -0.3 is 15.5 Å². The molecule has 0 spiro atoms. The van der Waals surface area contributed by atoms with E-state index < -0.39 is 0 Å². The number of amides is 1. The summed E-state index contributed by atoms with van der Waals surface area (Å²) in [4.78, 5) is 19.4. The number of carbonyl (C=O) groups excluding carboxylic acids is 1. The molecule has 1 fully saturated rings. The summed E-state index contributed by atoms with van der Waals surface area (Å²) in [6.07, 6.45) is 7.67. The van der Waals surface area contributed by atoms with Crippen molar-refractivity contribution in [2.75, 3.05) is 25.0 Å². The minimum atomic E-state index is -0.0933. The Morgan fingerprint density at radius 3 is 2.83 bits per heavy atom. The molecule has 29 heavy (non-hydrogen) atoms. The summed E-state index contributed by atoms with van der Waals surface area (Å²) in [5.41, 5.74) is 5.33. The fourth-order valence-electron chi connectivity index (χ4n) is 4.51. The molecule has 1 aliphatic heterocycles. The summed E-state index contributed by atoms with van der Waals surface area (Å²) < 4.78 is 0. The van der Waals surface area contributed by atoms with Crippen molar-refractivity contribution in [1.29, 1.82) is 0 Å². The van der Waals surface area contributed by atoms with E-state index in [0.29, 0.717) is 24.2 Å². The highest BCUT2D eigenvalue weighted by molar-refractivity contribution is 5.93. The number of aryl methyl sites for hydroxylation is 2. The molecule has 2 aromatic rings. The zero-order chi connectivity index (χ0) is 20.2. The molecule has 5 heteroatoms. The van der Waals surface area contributed by atoms with Crippen LogP contribution in [-0.2, 0) is 12.8 Å². The number of rotatable bonds is 6. The van der Waals surface area contributed by atoms with E-state index in [9.17, 15) is 4.79 Å². The zero-order valence-electron chi connectivity index (χ0n) is 17.6. The SMILES string of the molecule is CC(C)N1CCC[C@H](CNC(=O)c2cc(Nc3ccc4c(c3)CCC4)ccn2)C1. The lowest BCUT2D eigenvalue weighted by atomic mass is 9.97. The molecule has 1 aromatic heterocycles. The van der Waals surface area contributed by atoms with Gasteiger partial charge in [0.2, 0.25) is 0 Å². The van der Waals surface area contributed by atoms with Crippen LogP contribution in [0.25, 0.3) is 0 Å². The van der Waals surface area contributed by atoms with Crippen molar-refractivity contribution in [3.63, 3.8) is 0 Å². The Hall–Kier alpha value is -2.40. The Balaban J connectivity index is 1.35. The Morgan fingerprint density at radius 1 is 1.14 bits per heavy atom. The Morgan fingerprint density at radius 2 is 1.97 bits per heavy atom. The predicted molar refractivity (Wildman–Crippen MR) is 118 cm³/mol.